The van der Waals surface area contributed by atoms with E-state index in [2.05, 4.69) is 41.5 Å². The van der Waals surface area contributed by atoms with E-state index in [0.29, 0.717) is 25.7 Å². The molecule has 19 heteroatoms. The van der Waals surface area contributed by atoms with Crippen LogP contribution in [-0.2, 0) is 65.4 Å². The number of phosphoric acid groups is 2. The largest absolute Gasteiger partial charge is 0.472 e. The molecule has 0 aliphatic carbocycles. The van der Waals surface area contributed by atoms with Gasteiger partial charge in [-0.2, -0.15) is 0 Å². The predicted molar refractivity (Wildman–Crippen MR) is 405 cm³/mol. The molecule has 99 heavy (non-hydrogen) atoms. The third-order valence-electron chi connectivity index (χ3n) is 19.1. The number of ether oxygens (including phenoxy) is 4. The van der Waals surface area contributed by atoms with Crippen LogP contribution in [0.25, 0.3) is 0 Å². The minimum Gasteiger partial charge on any atom is -0.462 e. The summed E-state index contributed by atoms with van der Waals surface area (Å²) in [5, 5.41) is 10.6. The van der Waals surface area contributed by atoms with Crippen molar-refractivity contribution in [2.45, 2.75) is 439 Å². The highest BCUT2D eigenvalue weighted by molar-refractivity contribution is 7.47. The zero-order valence-electron chi connectivity index (χ0n) is 64.8. The summed E-state index contributed by atoms with van der Waals surface area (Å²) in [6.07, 6.45) is 60.8. The normalized spacial score (nSPS) is 14.2. The van der Waals surface area contributed by atoms with Crippen LogP contribution in [0, 0.1) is 11.8 Å². The number of hydrogen-bond acceptors (Lipinski definition) is 15. The molecule has 0 heterocycles. The first-order chi connectivity index (χ1) is 47.9. The first-order valence-corrected chi connectivity index (χ1v) is 44.5. The Kier molecular flexibility index (Phi) is 70.3. The summed E-state index contributed by atoms with van der Waals surface area (Å²) in [5.41, 5.74) is 0. The molecular weight excluding hydrogens is 1290 g/mol. The van der Waals surface area contributed by atoms with E-state index in [9.17, 15) is 43.2 Å². The molecule has 0 amide bonds. The Morgan fingerprint density at radius 3 is 0.768 bits per heavy atom. The molecule has 0 aromatic rings. The summed E-state index contributed by atoms with van der Waals surface area (Å²) in [6, 6.07) is 0. The van der Waals surface area contributed by atoms with E-state index in [1.165, 1.54) is 238 Å². The molecule has 0 aromatic heterocycles. The molecule has 0 saturated carbocycles. The first-order valence-electron chi connectivity index (χ1n) is 41.5. The van der Waals surface area contributed by atoms with Crippen molar-refractivity contribution in [1.29, 1.82) is 0 Å². The van der Waals surface area contributed by atoms with Crippen LogP contribution in [0.3, 0.4) is 0 Å². The highest BCUT2D eigenvalue weighted by Crippen LogP contribution is 2.45. The van der Waals surface area contributed by atoms with Crippen molar-refractivity contribution in [3.05, 3.63) is 0 Å². The highest BCUT2D eigenvalue weighted by Gasteiger charge is 2.30. The average molecular weight is 1450 g/mol. The van der Waals surface area contributed by atoms with Crippen molar-refractivity contribution in [3.8, 4) is 0 Å². The van der Waals surface area contributed by atoms with Crippen LogP contribution in [0.2, 0.25) is 0 Å². The van der Waals surface area contributed by atoms with Crippen molar-refractivity contribution in [3.63, 3.8) is 0 Å². The monoisotopic (exact) mass is 1450 g/mol. The maximum atomic E-state index is 13.1. The molecule has 0 spiro atoms. The van der Waals surface area contributed by atoms with E-state index < -0.39 is 97.5 Å². The van der Waals surface area contributed by atoms with Gasteiger partial charge in [-0.3, -0.25) is 37.3 Å². The summed E-state index contributed by atoms with van der Waals surface area (Å²) in [6.45, 7) is 9.66. The van der Waals surface area contributed by atoms with Gasteiger partial charge in [0.25, 0.3) is 0 Å². The van der Waals surface area contributed by atoms with Gasteiger partial charge in [0.15, 0.2) is 12.2 Å². The van der Waals surface area contributed by atoms with Crippen molar-refractivity contribution >= 4 is 39.5 Å². The Bertz CT molecular complexity index is 1910. The highest BCUT2D eigenvalue weighted by atomic mass is 31.2. The summed E-state index contributed by atoms with van der Waals surface area (Å²) >= 11 is 0. The predicted octanol–water partition coefficient (Wildman–Crippen LogP) is 23.9. The van der Waals surface area contributed by atoms with Crippen LogP contribution in [0.4, 0.5) is 0 Å². The van der Waals surface area contributed by atoms with Crippen LogP contribution < -0.4 is 0 Å². The first kappa shape index (κ1) is 97.1. The molecule has 0 radical (unpaired) electrons. The van der Waals surface area contributed by atoms with Crippen LogP contribution in [0.1, 0.15) is 420 Å². The quantitative estimate of drug-likeness (QED) is 0.0222. The van der Waals surface area contributed by atoms with E-state index >= 15 is 0 Å². The van der Waals surface area contributed by atoms with Gasteiger partial charge in [-0.15, -0.1) is 0 Å². The summed E-state index contributed by atoms with van der Waals surface area (Å²) < 4.78 is 68.7. The number of unbranched alkanes of at least 4 members (excludes halogenated alkanes) is 48. The zero-order valence-corrected chi connectivity index (χ0v) is 66.6. The second-order valence-corrected chi connectivity index (χ2v) is 32.4. The van der Waals surface area contributed by atoms with Crippen molar-refractivity contribution in [1.82, 2.24) is 0 Å². The fourth-order valence-electron chi connectivity index (χ4n) is 12.3. The fourth-order valence-corrected chi connectivity index (χ4v) is 13.9. The van der Waals surface area contributed by atoms with Gasteiger partial charge in [-0.25, -0.2) is 9.13 Å². The number of hydrogen-bond donors (Lipinski definition) is 3. The molecular formula is C80H156O17P2. The maximum Gasteiger partial charge on any atom is 0.472 e. The minimum atomic E-state index is -4.96. The summed E-state index contributed by atoms with van der Waals surface area (Å²) in [5.74, 6) is -0.543. The molecule has 0 bridgehead atoms. The van der Waals surface area contributed by atoms with Crippen LogP contribution in [0.15, 0.2) is 0 Å². The number of phosphoric ester groups is 2. The van der Waals surface area contributed by atoms with E-state index in [-0.39, 0.29) is 25.7 Å². The second kappa shape index (κ2) is 71.7. The zero-order chi connectivity index (χ0) is 72.8. The molecule has 0 aromatic carbocycles. The van der Waals surface area contributed by atoms with Crippen LogP contribution in [-0.4, -0.2) is 96.7 Å². The van der Waals surface area contributed by atoms with E-state index in [1.54, 1.807) is 0 Å². The van der Waals surface area contributed by atoms with Gasteiger partial charge in [0.2, 0.25) is 0 Å². The van der Waals surface area contributed by atoms with Crippen molar-refractivity contribution in [2.24, 2.45) is 11.8 Å². The Morgan fingerprint density at radius 2 is 0.515 bits per heavy atom. The van der Waals surface area contributed by atoms with E-state index in [1.807, 2.05) is 0 Å². The maximum absolute atomic E-state index is 13.1. The number of aliphatic hydroxyl groups is 1. The topological polar surface area (TPSA) is 237 Å². The SMILES string of the molecule is CCCCCCCCCCCCCCCCCCC(=O)OC[C@H](COP(=O)(O)OC[C@@H](O)COP(=O)(O)OC[C@@H](COC(=O)CCCCCCCCCCC(C)CC)OC(=O)CCCCCCCCCCCCCCCCC)OC(=O)CCCCCCCCCCCCCCCC(C)C. The van der Waals surface area contributed by atoms with Gasteiger partial charge >= 0.3 is 39.5 Å². The number of rotatable bonds is 79. The number of carbonyl (C=O) groups is 4. The van der Waals surface area contributed by atoms with Crippen LogP contribution >= 0.6 is 15.6 Å². The van der Waals surface area contributed by atoms with Gasteiger partial charge in [0.05, 0.1) is 26.4 Å². The molecule has 0 aliphatic rings. The third-order valence-corrected chi connectivity index (χ3v) is 21.0. The Balaban J connectivity index is 5.27. The molecule has 588 valence electrons. The van der Waals surface area contributed by atoms with Gasteiger partial charge in [0.1, 0.15) is 19.3 Å². The molecule has 17 nitrogen and oxygen atoms in total. The lowest BCUT2D eigenvalue weighted by molar-refractivity contribution is -0.161. The molecule has 6 atom stereocenters. The standard InChI is InChI=1S/C80H156O17P2/c1-7-10-12-14-16-18-20-22-24-26-29-33-37-44-50-56-62-77(82)90-68-75(96-80(85)65-59-53-47-39-35-31-27-28-32-36-42-48-54-60-72(4)5)70-94-98(86,87)92-66-74(81)67-93-99(88,89)95-71-76(69-91-78(83)63-57-51-45-41-40-43-49-55-61-73(6)9-3)97-79(84)64-58-52-46-38-34-30-25-23-21-19-17-15-13-11-8-2/h72-76,81H,7-71H2,1-6H3,(H,86,87)(H,88,89)/t73?,74-,75-,76-/m1/s1. The Hall–Kier alpha value is -1.94. The van der Waals surface area contributed by atoms with E-state index in [4.69, 9.17) is 37.0 Å². The van der Waals surface area contributed by atoms with Crippen LogP contribution in [0.5, 0.6) is 0 Å². The molecule has 0 aliphatic heterocycles. The van der Waals surface area contributed by atoms with Gasteiger partial charge in [-0.05, 0) is 37.5 Å². The van der Waals surface area contributed by atoms with E-state index in [0.717, 1.165) is 102 Å². The lowest BCUT2D eigenvalue weighted by Gasteiger charge is -2.21. The van der Waals surface area contributed by atoms with Gasteiger partial charge in [-0.1, -0.05) is 369 Å². The van der Waals surface area contributed by atoms with Gasteiger partial charge < -0.3 is 33.8 Å². The molecule has 3 N–H and O–H groups in total. The molecule has 0 saturated heterocycles. The number of esters is 4. The molecule has 0 fully saturated rings. The smallest absolute Gasteiger partial charge is 0.462 e. The average Bonchev–Trinajstić information content (AvgIpc) is 1.11. The lowest BCUT2D eigenvalue weighted by atomic mass is 9.99. The van der Waals surface area contributed by atoms with Gasteiger partial charge in [0, 0.05) is 25.7 Å². The Labute approximate surface area is 607 Å². The van der Waals surface area contributed by atoms with Crippen molar-refractivity contribution in [2.75, 3.05) is 39.6 Å². The minimum absolute atomic E-state index is 0.108. The third kappa shape index (κ3) is 72.8. The number of aliphatic hydroxyl groups excluding tert-OH is 1. The van der Waals surface area contributed by atoms with Crippen molar-refractivity contribution < 1.29 is 80.2 Å². The second-order valence-electron chi connectivity index (χ2n) is 29.5. The Morgan fingerprint density at radius 1 is 0.293 bits per heavy atom. The fraction of sp³-hybridized carbons (Fsp3) is 0.950. The summed E-state index contributed by atoms with van der Waals surface area (Å²) in [7, 11) is -9.92. The number of carbonyl (C=O) groups excluding carboxylic acids is 4. The molecule has 0 rings (SSSR count). The summed E-state index contributed by atoms with van der Waals surface area (Å²) in [4.78, 5) is 73.0. The molecule has 3 unspecified atom stereocenters. The lowest BCUT2D eigenvalue weighted by Crippen LogP contribution is -2.30.